The molecule has 2 rings (SSSR count). The first-order valence-corrected chi connectivity index (χ1v) is 7.59. The fourth-order valence-corrected chi connectivity index (χ4v) is 2.35. The highest BCUT2D eigenvalue weighted by molar-refractivity contribution is 5.89. The number of ether oxygens (including phenoxy) is 2. The number of anilines is 1. The smallest absolute Gasteiger partial charge is 0.319 e. The van der Waals surface area contributed by atoms with Gasteiger partial charge in [-0.05, 0) is 44.4 Å². The van der Waals surface area contributed by atoms with Gasteiger partial charge in [0.1, 0.15) is 12.4 Å². The van der Waals surface area contributed by atoms with E-state index < -0.39 is 0 Å². The maximum atomic E-state index is 12.0. The van der Waals surface area contributed by atoms with Crippen LogP contribution in [0.25, 0.3) is 0 Å². The summed E-state index contributed by atoms with van der Waals surface area (Å²) in [6.45, 7) is 8.88. The highest BCUT2D eigenvalue weighted by Gasteiger charge is 2.20. The fraction of sp³-hybridized carbons (Fsp3) is 0.471. The van der Waals surface area contributed by atoms with Crippen LogP contribution < -0.4 is 15.4 Å². The van der Waals surface area contributed by atoms with Crippen molar-refractivity contribution >= 4 is 11.7 Å². The van der Waals surface area contributed by atoms with Gasteiger partial charge in [-0.25, -0.2) is 4.79 Å². The molecule has 0 saturated carbocycles. The molecule has 5 heteroatoms. The Hall–Kier alpha value is -2.01. The van der Waals surface area contributed by atoms with E-state index in [0.29, 0.717) is 24.7 Å². The van der Waals surface area contributed by atoms with Gasteiger partial charge in [-0.2, -0.15) is 0 Å². The van der Waals surface area contributed by atoms with Gasteiger partial charge in [0.15, 0.2) is 0 Å². The van der Waals surface area contributed by atoms with Crippen LogP contribution in [0.1, 0.15) is 26.7 Å². The molecule has 5 nitrogen and oxygen atoms in total. The number of benzene rings is 1. The summed E-state index contributed by atoms with van der Waals surface area (Å²) in [5.41, 5.74) is 1.65. The summed E-state index contributed by atoms with van der Waals surface area (Å²) in [6.07, 6.45) is 1.88. The molecule has 1 aromatic carbocycles. The Bertz CT molecular complexity index is 530. The summed E-state index contributed by atoms with van der Waals surface area (Å²) >= 11 is 0. The maximum absolute atomic E-state index is 12.0. The topological polar surface area (TPSA) is 59.6 Å². The van der Waals surface area contributed by atoms with Crippen molar-refractivity contribution in [1.82, 2.24) is 5.32 Å². The first-order valence-electron chi connectivity index (χ1n) is 7.59. The Morgan fingerprint density at radius 2 is 2.32 bits per heavy atom. The molecule has 0 aliphatic carbocycles. The molecule has 22 heavy (non-hydrogen) atoms. The molecule has 1 fully saturated rings. The maximum Gasteiger partial charge on any atom is 0.319 e. The standard InChI is InChI=1S/C17H24N2O3/c1-12(2)11-22-16-6-4-5-14(10-16)18-17(20)19-15-7-8-21-13(3)9-15/h4-6,10,13,15H,1,7-9,11H2,2-3H3,(H2,18,19,20)/t13-,15-/m0/s1. The van der Waals surface area contributed by atoms with E-state index >= 15 is 0 Å². The third kappa shape index (κ3) is 5.41. The second-order valence-electron chi connectivity index (χ2n) is 5.77. The second kappa shape index (κ2) is 7.84. The average molecular weight is 304 g/mol. The van der Waals surface area contributed by atoms with Gasteiger partial charge in [-0.1, -0.05) is 12.6 Å². The van der Waals surface area contributed by atoms with Gasteiger partial charge in [0.2, 0.25) is 0 Å². The van der Waals surface area contributed by atoms with Gasteiger partial charge in [-0.15, -0.1) is 0 Å². The summed E-state index contributed by atoms with van der Waals surface area (Å²) in [5, 5.41) is 5.82. The van der Waals surface area contributed by atoms with Crippen molar-refractivity contribution in [2.24, 2.45) is 0 Å². The van der Waals surface area contributed by atoms with E-state index in [4.69, 9.17) is 9.47 Å². The molecule has 0 radical (unpaired) electrons. The van der Waals surface area contributed by atoms with Gasteiger partial charge in [0.25, 0.3) is 0 Å². The highest BCUT2D eigenvalue weighted by atomic mass is 16.5. The normalized spacial score (nSPS) is 21.0. The number of hydrogen-bond donors (Lipinski definition) is 2. The molecule has 1 heterocycles. The minimum Gasteiger partial charge on any atom is -0.489 e. The number of hydrogen-bond acceptors (Lipinski definition) is 3. The van der Waals surface area contributed by atoms with Crippen LogP contribution in [0.3, 0.4) is 0 Å². The first-order chi connectivity index (χ1) is 10.5. The molecule has 1 aromatic rings. The SMILES string of the molecule is C=C(C)COc1cccc(NC(=O)N[C@H]2CCO[C@@H](C)C2)c1. The van der Waals surface area contributed by atoms with Crippen molar-refractivity contribution < 1.29 is 14.3 Å². The van der Waals surface area contributed by atoms with Crippen LogP contribution in [0, 0.1) is 0 Å². The van der Waals surface area contributed by atoms with E-state index in [2.05, 4.69) is 17.2 Å². The minimum atomic E-state index is -0.198. The van der Waals surface area contributed by atoms with Crippen LogP contribution in [0.2, 0.25) is 0 Å². The molecule has 2 atom stereocenters. The largest absolute Gasteiger partial charge is 0.489 e. The number of rotatable bonds is 5. The van der Waals surface area contributed by atoms with Crippen molar-refractivity contribution in [2.45, 2.75) is 38.8 Å². The van der Waals surface area contributed by atoms with Gasteiger partial charge >= 0.3 is 6.03 Å². The van der Waals surface area contributed by atoms with Crippen LogP contribution in [0.5, 0.6) is 5.75 Å². The molecule has 120 valence electrons. The van der Waals surface area contributed by atoms with Crippen molar-refractivity contribution in [3.05, 3.63) is 36.4 Å². The lowest BCUT2D eigenvalue weighted by molar-refractivity contribution is 0.0157. The van der Waals surface area contributed by atoms with E-state index in [9.17, 15) is 4.79 Å². The zero-order valence-corrected chi connectivity index (χ0v) is 13.2. The third-order valence-corrected chi connectivity index (χ3v) is 3.40. The van der Waals surface area contributed by atoms with Crippen LogP contribution in [0.4, 0.5) is 10.5 Å². The van der Waals surface area contributed by atoms with Gasteiger partial charge in [-0.3, -0.25) is 0 Å². The molecular formula is C17H24N2O3. The number of carbonyl (C=O) groups is 1. The molecule has 1 aliphatic rings. The Labute approximate surface area is 131 Å². The number of urea groups is 1. The predicted octanol–water partition coefficient (Wildman–Crippen LogP) is 3.33. The van der Waals surface area contributed by atoms with Crippen LogP contribution in [0.15, 0.2) is 36.4 Å². The molecule has 1 saturated heterocycles. The number of amides is 2. The van der Waals surface area contributed by atoms with Gasteiger partial charge in [0, 0.05) is 24.4 Å². The van der Waals surface area contributed by atoms with E-state index in [1.54, 1.807) is 6.07 Å². The number of nitrogens with one attached hydrogen (secondary N) is 2. The van der Waals surface area contributed by atoms with Gasteiger partial charge in [0.05, 0.1) is 6.10 Å². The lowest BCUT2D eigenvalue weighted by Gasteiger charge is -2.27. The quantitative estimate of drug-likeness (QED) is 0.820. The van der Waals surface area contributed by atoms with E-state index in [0.717, 1.165) is 18.4 Å². The van der Waals surface area contributed by atoms with Crippen molar-refractivity contribution in [1.29, 1.82) is 0 Å². The molecule has 1 aliphatic heterocycles. The van der Waals surface area contributed by atoms with E-state index in [1.807, 2.05) is 32.0 Å². The Morgan fingerprint density at radius 3 is 3.05 bits per heavy atom. The molecule has 0 bridgehead atoms. The molecular weight excluding hydrogens is 280 g/mol. The second-order valence-corrected chi connectivity index (χ2v) is 5.77. The fourth-order valence-electron chi connectivity index (χ4n) is 2.35. The van der Waals surface area contributed by atoms with Crippen LogP contribution in [-0.4, -0.2) is 31.4 Å². The number of carbonyl (C=O) groups excluding carboxylic acids is 1. The van der Waals surface area contributed by atoms with Gasteiger partial charge < -0.3 is 20.1 Å². The minimum absolute atomic E-state index is 0.159. The van der Waals surface area contributed by atoms with Crippen LogP contribution in [-0.2, 0) is 4.74 Å². The summed E-state index contributed by atoms with van der Waals surface area (Å²) in [5.74, 6) is 0.709. The molecule has 0 spiro atoms. The zero-order valence-electron chi connectivity index (χ0n) is 13.2. The van der Waals surface area contributed by atoms with E-state index in [-0.39, 0.29) is 18.2 Å². The van der Waals surface area contributed by atoms with Crippen molar-refractivity contribution in [3.8, 4) is 5.75 Å². The Balaban J connectivity index is 1.85. The van der Waals surface area contributed by atoms with Crippen molar-refractivity contribution in [2.75, 3.05) is 18.5 Å². The van der Waals surface area contributed by atoms with Crippen LogP contribution >= 0.6 is 0 Å². The highest BCUT2D eigenvalue weighted by Crippen LogP contribution is 2.18. The molecule has 0 aromatic heterocycles. The molecule has 2 amide bonds. The lowest BCUT2D eigenvalue weighted by Crippen LogP contribution is -2.43. The first kappa shape index (κ1) is 16.4. The molecule has 2 N–H and O–H groups in total. The summed E-state index contributed by atoms with van der Waals surface area (Å²) in [7, 11) is 0. The Kier molecular flexibility index (Phi) is 5.83. The van der Waals surface area contributed by atoms with Crippen molar-refractivity contribution in [3.63, 3.8) is 0 Å². The zero-order chi connectivity index (χ0) is 15.9. The summed E-state index contributed by atoms with van der Waals surface area (Å²) in [6, 6.07) is 7.30. The molecule has 0 unspecified atom stereocenters. The lowest BCUT2D eigenvalue weighted by atomic mass is 10.0. The summed E-state index contributed by atoms with van der Waals surface area (Å²) in [4.78, 5) is 12.0. The summed E-state index contributed by atoms with van der Waals surface area (Å²) < 4.78 is 11.0. The predicted molar refractivity (Wildman–Crippen MR) is 87.3 cm³/mol. The average Bonchev–Trinajstić information content (AvgIpc) is 2.45. The third-order valence-electron chi connectivity index (χ3n) is 3.40. The van der Waals surface area contributed by atoms with E-state index in [1.165, 1.54) is 0 Å². The Morgan fingerprint density at radius 1 is 1.50 bits per heavy atom. The monoisotopic (exact) mass is 304 g/mol.